The van der Waals surface area contributed by atoms with Gasteiger partial charge in [0.1, 0.15) is 0 Å². The average molecular weight is 381 g/mol. The van der Waals surface area contributed by atoms with Crippen LogP contribution in [0.15, 0.2) is 115 Å². The van der Waals surface area contributed by atoms with Crippen LogP contribution in [0.5, 0.6) is 0 Å². The summed E-state index contributed by atoms with van der Waals surface area (Å²) in [5.41, 5.74) is 1.09. The number of benzene rings is 6. The Balaban J connectivity index is 0.000000118. The fourth-order valence-electron chi connectivity index (χ4n) is 4.48. The lowest BCUT2D eigenvalue weighted by Crippen LogP contribution is -1.82. The van der Waals surface area contributed by atoms with Crippen LogP contribution in [-0.2, 0) is 0 Å². The molecular weight excluding hydrogens is 362 g/mol. The first-order valence-electron chi connectivity index (χ1n) is 10.2. The second-order valence-electron chi connectivity index (χ2n) is 7.65. The highest BCUT2D eigenvalue weighted by Crippen LogP contribution is 2.33. The summed E-state index contributed by atoms with van der Waals surface area (Å²) in [6.07, 6.45) is 1.84. The minimum atomic E-state index is 1.09. The zero-order valence-electron chi connectivity index (χ0n) is 16.4. The van der Waals surface area contributed by atoms with Crippen molar-refractivity contribution in [1.82, 2.24) is 4.98 Å². The van der Waals surface area contributed by atoms with Gasteiger partial charge in [0.15, 0.2) is 0 Å². The van der Waals surface area contributed by atoms with E-state index in [-0.39, 0.29) is 0 Å². The molecule has 7 rings (SSSR count). The van der Waals surface area contributed by atoms with Crippen LogP contribution >= 0.6 is 0 Å². The average Bonchev–Trinajstić information content (AvgIpc) is 2.83. The third-order valence-corrected chi connectivity index (χ3v) is 5.89. The molecule has 0 aliphatic heterocycles. The second-order valence-corrected chi connectivity index (χ2v) is 7.65. The van der Waals surface area contributed by atoms with E-state index < -0.39 is 0 Å². The third kappa shape index (κ3) is 2.67. The molecule has 1 heterocycles. The highest BCUT2D eigenvalue weighted by atomic mass is 14.6. The predicted octanol–water partition coefficient (Wildman–Crippen LogP) is 7.97. The van der Waals surface area contributed by atoms with Crippen LogP contribution in [0.4, 0.5) is 0 Å². The Morgan fingerprint density at radius 1 is 0.367 bits per heavy atom. The van der Waals surface area contributed by atoms with Gasteiger partial charge in [0, 0.05) is 17.0 Å². The maximum absolute atomic E-state index is 4.41. The molecule has 1 heteroatoms. The van der Waals surface area contributed by atoms with E-state index in [2.05, 4.69) is 108 Å². The van der Waals surface area contributed by atoms with Crippen molar-refractivity contribution in [3.05, 3.63) is 115 Å². The molecule has 0 unspecified atom stereocenters. The Kier molecular flexibility index (Phi) is 3.85. The van der Waals surface area contributed by atoms with E-state index in [1.807, 2.05) is 12.3 Å². The number of pyridine rings is 1. The van der Waals surface area contributed by atoms with Gasteiger partial charge in [-0.05, 0) is 43.8 Å². The largest absolute Gasteiger partial charge is 0.256 e. The van der Waals surface area contributed by atoms with Gasteiger partial charge in [-0.3, -0.25) is 4.98 Å². The van der Waals surface area contributed by atoms with Crippen molar-refractivity contribution in [1.29, 1.82) is 0 Å². The van der Waals surface area contributed by atoms with Crippen LogP contribution in [0.2, 0.25) is 0 Å². The van der Waals surface area contributed by atoms with Gasteiger partial charge in [0.2, 0.25) is 0 Å². The van der Waals surface area contributed by atoms with Crippen molar-refractivity contribution in [2.75, 3.05) is 0 Å². The lowest BCUT2D eigenvalue weighted by Gasteiger charge is -2.09. The molecule has 30 heavy (non-hydrogen) atoms. The summed E-state index contributed by atoms with van der Waals surface area (Å²) in [6, 6.07) is 38.5. The molecule has 0 radical (unpaired) electrons. The first kappa shape index (κ1) is 16.9. The molecule has 0 atom stereocenters. The van der Waals surface area contributed by atoms with Crippen LogP contribution < -0.4 is 0 Å². The van der Waals surface area contributed by atoms with Gasteiger partial charge in [-0.25, -0.2) is 0 Å². The van der Waals surface area contributed by atoms with Crippen LogP contribution in [0.1, 0.15) is 0 Å². The lowest BCUT2D eigenvalue weighted by atomic mass is 9.95. The summed E-state index contributed by atoms with van der Waals surface area (Å²) in [6.45, 7) is 0. The Labute approximate surface area is 174 Å². The van der Waals surface area contributed by atoms with Crippen LogP contribution in [0, 0.1) is 0 Å². The van der Waals surface area contributed by atoms with E-state index in [0.717, 1.165) is 5.52 Å². The van der Waals surface area contributed by atoms with Crippen molar-refractivity contribution < 1.29 is 0 Å². The molecule has 0 amide bonds. The highest BCUT2D eigenvalue weighted by molar-refractivity contribution is 6.22. The number of hydrogen-bond acceptors (Lipinski definition) is 1. The van der Waals surface area contributed by atoms with Crippen molar-refractivity contribution in [2.24, 2.45) is 0 Å². The minimum absolute atomic E-state index is 1.09. The van der Waals surface area contributed by atoms with Crippen LogP contribution in [0.3, 0.4) is 0 Å². The van der Waals surface area contributed by atoms with Gasteiger partial charge in [-0.2, -0.15) is 0 Å². The number of fused-ring (bicyclic) bond motifs is 3. The standard InChI is InChI=1S/C16H10.C13H9N/c1-3-11-7-9-13-5-2-6-14-10-8-12(4-1)15(11)16(13)14;1-2-6-12-10(4-1)7-8-11-5-3-9-14-13(11)12/h1-10H;1-9H. The number of rotatable bonds is 0. The topological polar surface area (TPSA) is 12.9 Å². The molecule has 0 aliphatic carbocycles. The first-order valence-corrected chi connectivity index (χ1v) is 10.2. The number of hydrogen-bond donors (Lipinski definition) is 0. The summed E-state index contributed by atoms with van der Waals surface area (Å²) in [4.78, 5) is 4.41. The van der Waals surface area contributed by atoms with E-state index in [1.165, 1.54) is 48.5 Å². The van der Waals surface area contributed by atoms with Crippen LogP contribution in [-0.4, -0.2) is 4.98 Å². The molecule has 0 N–H and O–H groups in total. The molecule has 0 fully saturated rings. The van der Waals surface area contributed by atoms with Gasteiger partial charge in [-0.1, -0.05) is 103 Å². The smallest absolute Gasteiger partial charge is 0.0780 e. The summed E-state index contributed by atoms with van der Waals surface area (Å²) < 4.78 is 0. The van der Waals surface area contributed by atoms with Gasteiger partial charge < -0.3 is 0 Å². The zero-order chi connectivity index (χ0) is 19.9. The Hall–Kier alpha value is -3.97. The van der Waals surface area contributed by atoms with Gasteiger partial charge in [0.25, 0.3) is 0 Å². The molecule has 6 aromatic carbocycles. The molecule has 0 aliphatic rings. The molecule has 0 spiro atoms. The minimum Gasteiger partial charge on any atom is -0.256 e. The maximum Gasteiger partial charge on any atom is 0.0780 e. The summed E-state index contributed by atoms with van der Waals surface area (Å²) in [5, 5.41) is 11.8. The molecule has 0 saturated heterocycles. The molecular formula is C29H19N. The molecule has 0 saturated carbocycles. The van der Waals surface area contributed by atoms with E-state index in [0.29, 0.717) is 0 Å². The van der Waals surface area contributed by atoms with Crippen molar-refractivity contribution in [3.8, 4) is 0 Å². The van der Waals surface area contributed by atoms with Crippen molar-refractivity contribution in [3.63, 3.8) is 0 Å². The summed E-state index contributed by atoms with van der Waals surface area (Å²) >= 11 is 0. The first-order chi connectivity index (χ1) is 14.9. The van der Waals surface area contributed by atoms with Crippen LogP contribution in [0.25, 0.3) is 54.0 Å². The molecule has 1 aromatic heterocycles. The summed E-state index contributed by atoms with van der Waals surface area (Å²) in [5.74, 6) is 0. The van der Waals surface area contributed by atoms with E-state index in [9.17, 15) is 0 Å². The van der Waals surface area contributed by atoms with E-state index in [4.69, 9.17) is 0 Å². The Morgan fingerprint density at radius 3 is 1.47 bits per heavy atom. The normalized spacial score (nSPS) is 11.3. The van der Waals surface area contributed by atoms with Gasteiger partial charge >= 0.3 is 0 Å². The maximum atomic E-state index is 4.41. The summed E-state index contributed by atoms with van der Waals surface area (Å²) in [7, 11) is 0. The SMILES string of the molecule is c1cc2ccc3cccc4ccc(c1)c2c34.c1ccc2c(c1)ccc1cccnc12. The number of nitrogens with zero attached hydrogens (tertiary/aromatic N) is 1. The quantitative estimate of drug-likeness (QED) is 0.243. The molecule has 0 bridgehead atoms. The fourth-order valence-corrected chi connectivity index (χ4v) is 4.48. The second kappa shape index (κ2) is 6.82. The third-order valence-electron chi connectivity index (χ3n) is 5.89. The highest BCUT2D eigenvalue weighted by Gasteiger charge is 2.06. The van der Waals surface area contributed by atoms with Crippen molar-refractivity contribution >= 4 is 54.0 Å². The van der Waals surface area contributed by atoms with Gasteiger partial charge in [0.05, 0.1) is 5.52 Å². The lowest BCUT2D eigenvalue weighted by molar-refractivity contribution is 1.43. The predicted molar refractivity (Wildman–Crippen MR) is 129 cm³/mol. The number of aromatic nitrogens is 1. The molecule has 1 nitrogen and oxygen atoms in total. The fraction of sp³-hybridized carbons (Fsp3) is 0. The molecule has 140 valence electrons. The molecule has 7 aromatic rings. The van der Waals surface area contributed by atoms with Crippen molar-refractivity contribution in [2.45, 2.75) is 0 Å². The Morgan fingerprint density at radius 2 is 0.833 bits per heavy atom. The monoisotopic (exact) mass is 381 g/mol. The Bertz CT molecular complexity index is 1460. The van der Waals surface area contributed by atoms with Gasteiger partial charge in [-0.15, -0.1) is 0 Å². The zero-order valence-corrected chi connectivity index (χ0v) is 16.4. The van der Waals surface area contributed by atoms with E-state index >= 15 is 0 Å². The van der Waals surface area contributed by atoms with E-state index in [1.54, 1.807) is 0 Å².